The predicted octanol–water partition coefficient (Wildman–Crippen LogP) is 0.190. The first-order valence-electron chi connectivity index (χ1n) is 5.96. The summed E-state index contributed by atoms with van der Waals surface area (Å²) in [4.78, 5) is 36.8. The van der Waals surface area contributed by atoms with Gasteiger partial charge in [0.25, 0.3) is 12.3 Å². The van der Waals surface area contributed by atoms with E-state index in [4.69, 9.17) is 0 Å². The molecule has 0 unspecified atom stereocenters. The van der Waals surface area contributed by atoms with Crippen LogP contribution in [-0.2, 0) is 16.6 Å². The van der Waals surface area contributed by atoms with Crippen molar-refractivity contribution in [2.45, 2.75) is 6.43 Å². The fourth-order valence-electron chi connectivity index (χ4n) is 1.92. The number of nitrogens with zero attached hydrogens (tertiary/aromatic N) is 4. The number of aromatic nitrogens is 2. The van der Waals surface area contributed by atoms with E-state index in [2.05, 4.69) is 10.4 Å². The molecule has 0 radical (unpaired) electrons. The molecule has 0 atom stereocenters. The van der Waals surface area contributed by atoms with Gasteiger partial charge in [-0.3, -0.25) is 19.2 Å². The van der Waals surface area contributed by atoms with Gasteiger partial charge in [0.15, 0.2) is 5.69 Å². The van der Waals surface area contributed by atoms with Crippen molar-refractivity contribution in [3.63, 3.8) is 0 Å². The molecule has 4 amide bonds. The molecule has 1 saturated heterocycles. The van der Waals surface area contributed by atoms with Crippen LogP contribution in [0.4, 0.5) is 19.3 Å². The van der Waals surface area contributed by atoms with E-state index in [0.717, 1.165) is 14.5 Å². The van der Waals surface area contributed by atoms with Gasteiger partial charge in [0, 0.05) is 20.3 Å². The number of carbonyl (C=O) groups excluding carboxylic acids is 3. The number of urea groups is 1. The average Bonchev–Trinajstić information content (AvgIpc) is 2.85. The molecule has 0 bridgehead atoms. The number of hydrogen-bond acceptors (Lipinski definition) is 4. The van der Waals surface area contributed by atoms with Crippen molar-refractivity contribution in [3.05, 3.63) is 11.9 Å². The maximum Gasteiger partial charge on any atom is 0.327 e. The quantitative estimate of drug-likeness (QED) is 0.804. The van der Waals surface area contributed by atoms with Gasteiger partial charge in [0.1, 0.15) is 13.1 Å². The number of nitrogens with one attached hydrogen (secondary N) is 1. The summed E-state index contributed by atoms with van der Waals surface area (Å²) in [5.41, 5.74) is -0.716. The zero-order chi connectivity index (χ0) is 15.7. The number of amides is 4. The number of likely N-dealkylation sites (N-methyl/N-ethyl adjacent to an activating group) is 1. The van der Waals surface area contributed by atoms with E-state index >= 15 is 0 Å². The SMILES string of the molecule is CN1CC(=O)N(CC(=O)Nc2cn(C)nc2C(F)F)C1=O. The average molecular weight is 301 g/mol. The Hall–Kier alpha value is -2.52. The Morgan fingerprint density at radius 1 is 1.43 bits per heavy atom. The number of aryl methyl sites for hydroxylation is 1. The van der Waals surface area contributed by atoms with Gasteiger partial charge >= 0.3 is 6.03 Å². The van der Waals surface area contributed by atoms with Crippen LogP contribution in [0.5, 0.6) is 0 Å². The van der Waals surface area contributed by atoms with Gasteiger partial charge in [-0.05, 0) is 0 Å². The minimum atomic E-state index is -2.84. The third-order valence-electron chi connectivity index (χ3n) is 2.87. The topological polar surface area (TPSA) is 87.5 Å². The molecule has 8 nitrogen and oxygen atoms in total. The van der Waals surface area contributed by atoms with Gasteiger partial charge in [-0.25, -0.2) is 13.6 Å². The van der Waals surface area contributed by atoms with E-state index in [9.17, 15) is 23.2 Å². The van der Waals surface area contributed by atoms with Gasteiger partial charge in [0.2, 0.25) is 5.91 Å². The lowest BCUT2D eigenvalue weighted by molar-refractivity contribution is -0.129. The molecule has 10 heteroatoms. The van der Waals surface area contributed by atoms with Gasteiger partial charge in [-0.2, -0.15) is 5.10 Å². The zero-order valence-electron chi connectivity index (χ0n) is 11.3. The van der Waals surface area contributed by atoms with E-state index in [-0.39, 0.29) is 12.2 Å². The minimum absolute atomic E-state index is 0.110. The number of hydrogen-bond donors (Lipinski definition) is 1. The van der Waals surface area contributed by atoms with E-state index in [1.165, 1.54) is 20.3 Å². The molecule has 21 heavy (non-hydrogen) atoms. The summed E-state index contributed by atoms with van der Waals surface area (Å²) >= 11 is 0. The second-order valence-corrected chi connectivity index (χ2v) is 4.57. The summed E-state index contributed by atoms with van der Waals surface area (Å²) in [5.74, 6) is -1.26. The Labute approximate surface area is 118 Å². The summed E-state index contributed by atoms with van der Waals surface area (Å²) in [6.07, 6.45) is -1.62. The third kappa shape index (κ3) is 2.98. The molecule has 1 aromatic rings. The molecule has 0 aliphatic carbocycles. The van der Waals surface area contributed by atoms with E-state index < -0.39 is 36.5 Å². The summed E-state index contributed by atoms with van der Waals surface area (Å²) in [6, 6.07) is -0.601. The second kappa shape index (κ2) is 5.46. The molecular weight excluding hydrogens is 288 g/mol. The highest BCUT2D eigenvalue weighted by molar-refractivity contribution is 6.06. The summed E-state index contributed by atoms with van der Waals surface area (Å²) in [5, 5.41) is 5.76. The molecule has 114 valence electrons. The van der Waals surface area contributed by atoms with Crippen LogP contribution in [0.25, 0.3) is 0 Å². The van der Waals surface area contributed by atoms with Gasteiger partial charge in [-0.15, -0.1) is 0 Å². The number of rotatable bonds is 4. The van der Waals surface area contributed by atoms with Crippen LogP contribution < -0.4 is 5.32 Å². The highest BCUT2D eigenvalue weighted by Crippen LogP contribution is 2.25. The summed E-state index contributed by atoms with van der Waals surface area (Å²) in [6.45, 7) is -0.638. The van der Waals surface area contributed by atoms with Crippen LogP contribution in [0.2, 0.25) is 0 Å². The number of halogens is 2. The first kappa shape index (κ1) is 14.9. The van der Waals surface area contributed by atoms with Crippen molar-refractivity contribution in [2.75, 3.05) is 25.5 Å². The van der Waals surface area contributed by atoms with E-state index in [1.54, 1.807) is 0 Å². The molecule has 1 aromatic heterocycles. The minimum Gasteiger partial charge on any atom is -0.321 e. The Bertz CT molecular complexity index is 601. The highest BCUT2D eigenvalue weighted by Gasteiger charge is 2.35. The lowest BCUT2D eigenvalue weighted by Gasteiger charge is -2.13. The fourth-order valence-corrected chi connectivity index (χ4v) is 1.92. The summed E-state index contributed by atoms with van der Waals surface area (Å²) in [7, 11) is 2.86. The molecule has 0 saturated carbocycles. The largest absolute Gasteiger partial charge is 0.327 e. The van der Waals surface area contributed by atoms with Crippen molar-refractivity contribution < 1.29 is 23.2 Å². The van der Waals surface area contributed by atoms with Gasteiger partial charge in [0.05, 0.1) is 5.69 Å². The van der Waals surface area contributed by atoms with Crippen molar-refractivity contribution in [1.29, 1.82) is 0 Å². The van der Waals surface area contributed by atoms with Crippen molar-refractivity contribution in [1.82, 2.24) is 19.6 Å². The van der Waals surface area contributed by atoms with E-state index in [0.29, 0.717) is 0 Å². The maximum absolute atomic E-state index is 12.7. The van der Waals surface area contributed by atoms with Gasteiger partial charge in [-0.1, -0.05) is 0 Å². The third-order valence-corrected chi connectivity index (χ3v) is 2.87. The van der Waals surface area contributed by atoms with Crippen molar-refractivity contribution in [2.24, 2.45) is 7.05 Å². The van der Waals surface area contributed by atoms with Crippen molar-refractivity contribution in [3.8, 4) is 0 Å². The molecule has 2 heterocycles. The first-order valence-corrected chi connectivity index (χ1v) is 5.96. The monoisotopic (exact) mass is 301 g/mol. The normalized spacial score (nSPS) is 15.3. The Morgan fingerprint density at radius 3 is 2.62 bits per heavy atom. The van der Waals surface area contributed by atoms with Crippen LogP contribution in [0, 0.1) is 0 Å². The number of anilines is 1. The smallest absolute Gasteiger partial charge is 0.321 e. The molecule has 0 aromatic carbocycles. The van der Waals surface area contributed by atoms with E-state index in [1.807, 2.05) is 0 Å². The highest BCUT2D eigenvalue weighted by atomic mass is 19.3. The molecule has 1 N–H and O–H groups in total. The predicted molar refractivity (Wildman–Crippen MR) is 66.5 cm³/mol. The Kier molecular flexibility index (Phi) is 3.87. The molecule has 1 aliphatic heterocycles. The molecule has 0 spiro atoms. The van der Waals surface area contributed by atoms with Crippen LogP contribution in [0.3, 0.4) is 0 Å². The van der Waals surface area contributed by atoms with Crippen LogP contribution in [-0.4, -0.2) is 57.6 Å². The maximum atomic E-state index is 12.7. The molecular formula is C11H13F2N5O3. The fraction of sp³-hybridized carbons (Fsp3) is 0.455. The Balaban J connectivity index is 2.06. The second-order valence-electron chi connectivity index (χ2n) is 4.57. The van der Waals surface area contributed by atoms with Gasteiger partial charge < -0.3 is 10.2 Å². The first-order chi connectivity index (χ1) is 9.79. The standard InChI is InChI=1S/C11H13F2N5O3/c1-16-5-8(20)18(11(16)21)4-7(19)14-6-3-17(2)15-9(6)10(12)13/h3,10H,4-5H2,1-2H3,(H,14,19). The molecule has 1 fully saturated rings. The lowest BCUT2D eigenvalue weighted by Crippen LogP contribution is -2.38. The van der Waals surface area contributed by atoms with Crippen LogP contribution >= 0.6 is 0 Å². The lowest BCUT2D eigenvalue weighted by atomic mass is 10.3. The Morgan fingerprint density at radius 2 is 2.10 bits per heavy atom. The van der Waals surface area contributed by atoms with Crippen LogP contribution in [0.15, 0.2) is 6.20 Å². The van der Waals surface area contributed by atoms with Crippen molar-refractivity contribution >= 4 is 23.5 Å². The number of carbonyl (C=O) groups is 3. The molecule has 1 aliphatic rings. The van der Waals surface area contributed by atoms with Crippen LogP contribution in [0.1, 0.15) is 12.1 Å². The summed E-state index contributed by atoms with van der Waals surface area (Å²) < 4.78 is 26.6. The number of alkyl halides is 2. The molecule has 2 rings (SSSR count). The zero-order valence-corrected chi connectivity index (χ0v) is 11.3. The number of imide groups is 1.